The van der Waals surface area contributed by atoms with E-state index >= 15 is 0 Å². The van der Waals surface area contributed by atoms with Crippen molar-refractivity contribution in [3.05, 3.63) is 59.7 Å². The third kappa shape index (κ3) is 6.52. The number of ether oxygens (including phenoxy) is 3. The van der Waals surface area contributed by atoms with Gasteiger partial charge in [0.25, 0.3) is 5.91 Å². The number of hydrogen-bond acceptors (Lipinski definition) is 7. The second-order valence-electron chi connectivity index (χ2n) is 5.90. The van der Waals surface area contributed by atoms with Gasteiger partial charge in [-0.3, -0.25) is 9.52 Å². The van der Waals surface area contributed by atoms with Gasteiger partial charge in [0.05, 0.1) is 25.5 Å². The summed E-state index contributed by atoms with van der Waals surface area (Å²) >= 11 is 0. The van der Waals surface area contributed by atoms with E-state index in [1.165, 1.54) is 38.5 Å². The first-order chi connectivity index (χ1) is 14.3. The summed E-state index contributed by atoms with van der Waals surface area (Å²) in [6, 6.07) is 10.6. The Hall–Kier alpha value is -3.53. The number of nitrogens with one attached hydrogen (secondary N) is 2. The first-order valence-electron chi connectivity index (χ1n) is 8.73. The number of amides is 1. The van der Waals surface area contributed by atoms with E-state index in [0.29, 0.717) is 11.5 Å². The maximum absolute atomic E-state index is 12.1. The highest BCUT2D eigenvalue weighted by Gasteiger charge is 2.16. The molecule has 0 fully saturated rings. The number of carbonyl (C=O) groups excluding carboxylic acids is 2. The molecule has 0 radical (unpaired) electrons. The molecule has 160 valence electrons. The minimum atomic E-state index is -4.19. The van der Waals surface area contributed by atoms with Gasteiger partial charge in [0.15, 0.2) is 18.1 Å². The molecule has 0 heterocycles. The quantitative estimate of drug-likeness (QED) is 0.581. The first-order valence-corrected chi connectivity index (χ1v) is 10.2. The normalized spacial score (nSPS) is 11.0. The number of hydrogen-bond donors (Lipinski definition) is 2. The molecule has 10 heteroatoms. The highest BCUT2D eigenvalue weighted by Crippen LogP contribution is 2.28. The summed E-state index contributed by atoms with van der Waals surface area (Å²) in [4.78, 5) is 23.4. The Morgan fingerprint density at radius 1 is 1.03 bits per heavy atom. The number of methoxy groups -OCH3 is 2. The second kappa shape index (κ2) is 10.3. The van der Waals surface area contributed by atoms with E-state index in [1.807, 2.05) is 23.8 Å². The molecule has 0 saturated carbocycles. The molecule has 0 aliphatic heterocycles. The zero-order valence-electron chi connectivity index (χ0n) is 16.7. The number of rotatable bonds is 9. The van der Waals surface area contributed by atoms with Gasteiger partial charge in [0.2, 0.25) is 0 Å². The minimum absolute atomic E-state index is 0.158. The van der Waals surface area contributed by atoms with Gasteiger partial charge in [0.1, 0.15) is 0 Å². The Morgan fingerprint density at radius 3 is 2.33 bits per heavy atom. The van der Waals surface area contributed by atoms with Crippen molar-refractivity contribution in [2.45, 2.75) is 6.92 Å². The van der Waals surface area contributed by atoms with Gasteiger partial charge >= 0.3 is 16.2 Å². The van der Waals surface area contributed by atoms with Crippen LogP contribution in [0.4, 0.5) is 5.69 Å². The molecule has 9 nitrogen and oxygen atoms in total. The molecule has 2 aromatic rings. The average molecular weight is 434 g/mol. The molecular weight excluding hydrogens is 412 g/mol. The zero-order valence-corrected chi connectivity index (χ0v) is 17.5. The average Bonchev–Trinajstić information content (AvgIpc) is 2.72. The predicted octanol–water partition coefficient (Wildman–Crippen LogP) is 2.37. The van der Waals surface area contributed by atoms with Crippen LogP contribution in [-0.2, 0) is 19.7 Å². The van der Waals surface area contributed by atoms with Gasteiger partial charge in [-0.15, -0.1) is 0 Å². The van der Waals surface area contributed by atoms with Crippen LogP contribution >= 0.6 is 0 Å². The molecule has 0 saturated heterocycles. The van der Waals surface area contributed by atoms with Crippen LogP contribution in [0.5, 0.6) is 11.5 Å². The number of anilines is 1. The zero-order chi connectivity index (χ0) is 22.1. The Morgan fingerprint density at radius 2 is 1.73 bits per heavy atom. The van der Waals surface area contributed by atoms with Gasteiger partial charge in [-0.1, -0.05) is 18.2 Å². The predicted molar refractivity (Wildman–Crippen MR) is 112 cm³/mol. The fourth-order valence-electron chi connectivity index (χ4n) is 2.40. The van der Waals surface area contributed by atoms with Crippen LogP contribution in [0, 0.1) is 0 Å². The van der Waals surface area contributed by atoms with Gasteiger partial charge in [-0.2, -0.15) is 8.42 Å². The molecular formula is C20H22N2O7S. The summed E-state index contributed by atoms with van der Waals surface area (Å²) in [7, 11) is -1.49. The van der Waals surface area contributed by atoms with Crippen molar-refractivity contribution >= 4 is 33.8 Å². The van der Waals surface area contributed by atoms with E-state index in [2.05, 4.69) is 9.46 Å². The summed E-state index contributed by atoms with van der Waals surface area (Å²) in [5.74, 6) is -0.730. The van der Waals surface area contributed by atoms with E-state index in [1.54, 1.807) is 18.2 Å². The monoisotopic (exact) mass is 434 g/mol. The molecule has 0 aliphatic rings. The number of benzene rings is 2. The summed E-state index contributed by atoms with van der Waals surface area (Å²) in [6.45, 7) is 1.34. The number of carbonyl (C=O) groups is 2. The molecule has 0 unspecified atom stereocenters. The Bertz CT molecular complexity index is 1030. The van der Waals surface area contributed by atoms with Crippen molar-refractivity contribution in [1.82, 2.24) is 4.72 Å². The molecule has 0 aromatic heterocycles. The van der Waals surface area contributed by atoms with Crippen LogP contribution < -0.4 is 18.9 Å². The van der Waals surface area contributed by atoms with Crippen LogP contribution in [0.2, 0.25) is 0 Å². The fraction of sp³-hybridized carbons (Fsp3) is 0.200. The standard InChI is InChI=1S/C20H22N2O7S/c1-4-5-14-6-11-17(18(12-14)27-2)29-13-19(23)22-30(25,26)21-16-9-7-15(8-10-16)20(24)28-3/h4-12,21H,13H2,1-3H3,(H,22,23)/b5-4+. The number of allylic oxidation sites excluding steroid dienone is 1. The lowest BCUT2D eigenvalue weighted by molar-refractivity contribution is -0.121. The summed E-state index contributed by atoms with van der Waals surface area (Å²) in [5.41, 5.74) is 1.30. The highest BCUT2D eigenvalue weighted by atomic mass is 32.2. The van der Waals surface area contributed by atoms with Crippen molar-refractivity contribution in [3.63, 3.8) is 0 Å². The third-order valence-electron chi connectivity index (χ3n) is 3.71. The fourth-order valence-corrected chi connectivity index (χ4v) is 3.25. The lowest BCUT2D eigenvalue weighted by Crippen LogP contribution is -2.38. The lowest BCUT2D eigenvalue weighted by Gasteiger charge is -2.12. The SMILES string of the molecule is C/C=C/c1ccc(OCC(=O)NS(=O)(=O)Nc2ccc(C(=O)OC)cc2)c(OC)c1. The molecule has 1 amide bonds. The van der Waals surface area contributed by atoms with Crippen molar-refractivity contribution in [2.75, 3.05) is 25.5 Å². The van der Waals surface area contributed by atoms with Crippen molar-refractivity contribution in [2.24, 2.45) is 0 Å². The van der Waals surface area contributed by atoms with Crippen molar-refractivity contribution < 1.29 is 32.2 Å². The molecule has 2 N–H and O–H groups in total. The maximum Gasteiger partial charge on any atom is 0.337 e. The summed E-state index contributed by atoms with van der Waals surface area (Å²) in [6.07, 6.45) is 3.73. The maximum atomic E-state index is 12.1. The van der Waals surface area contributed by atoms with Crippen LogP contribution in [0.3, 0.4) is 0 Å². The molecule has 0 spiro atoms. The van der Waals surface area contributed by atoms with E-state index < -0.39 is 28.7 Å². The summed E-state index contributed by atoms with van der Waals surface area (Å²) < 4.78 is 43.4. The molecule has 2 rings (SSSR count). The second-order valence-corrected chi connectivity index (χ2v) is 7.31. The molecule has 2 aromatic carbocycles. The van der Waals surface area contributed by atoms with E-state index in [9.17, 15) is 18.0 Å². The van der Waals surface area contributed by atoms with Gasteiger partial charge < -0.3 is 14.2 Å². The highest BCUT2D eigenvalue weighted by molar-refractivity contribution is 7.91. The van der Waals surface area contributed by atoms with E-state index in [0.717, 1.165) is 5.56 Å². The Kier molecular flexibility index (Phi) is 7.82. The van der Waals surface area contributed by atoms with Gasteiger partial charge in [0, 0.05) is 0 Å². The molecule has 0 aliphatic carbocycles. The van der Waals surface area contributed by atoms with E-state index in [-0.39, 0.29) is 11.3 Å². The van der Waals surface area contributed by atoms with Crippen molar-refractivity contribution in [3.8, 4) is 11.5 Å². The molecule has 30 heavy (non-hydrogen) atoms. The number of esters is 1. The van der Waals surface area contributed by atoms with Crippen LogP contribution in [0.15, 0.2) is 48.5 Å². The lowest BCUT2D eigenvalue weighted by atomic mass is 10.2. The van der Waals surface area contributed by atoms with Crippen molar-refractivity contribution in [1.29, 1.82) is 0 Å². The van der Waals surface area contributed by atoms with Gasteiger partial charge in [-0.05, 0) is 48.9 Å². The molecule has 0 atom stereocenters. The Labute approximate surface area is 174 Å². The van der Waals surface area contributed by atoms with Crippen LogP contribution in [-0.4, -0.2) is 41.1 Å². The minimum Gasteiger partial charge on any atom is -0.493 e. The smallest absolute Gasteiger partial charge is 0.337 e. The Balaban J connectivity index is 1.96. The first kappa shape index (κ1) is 22.8. The van der Waals surface area contributed by atoms with Gasteiger partial charge in [-0.25, -0.2) is 9.52 Å². The summed E-state index contributed by atoms with van der Waals surface area (Å²) in [5, 5.41) is 0. The van der Waals surface area contributed by atoms with E-state index in [4.69, 9.17) is 9.47 Å². The largest absolute Gasteiger partial charge is 0.493 e. The van der Waals surface area contributed by atoms with Crippen LogP contribution in [0.1, 0.15) is 22.8 Å². The molecule has 0 bridgehead atoms. The van der Waals surface area contributed by atoms with Crippen LogP contribution in [0.25, 0.3) is 6.08 Å². The topological polar surface area (TPSA) is 120 Å². The third-order valence-corrected chi connectivity index (χ3v) is 4.71.